The van der Waals surface area contributed by atoms with Crippen molar-refractivity contribution in [1.29, 1.82) is 0 Å². The van der Waals surface area contributed by atoms with Gasteiger partial charge in [0.25, 0.3) is 5.89 Å². The number of alkyl halides is 3. The quantitative estimate of drug-likeness (QED) is 0.536. The molecule has 4 aromatic rings. The Kier molecular flexibility index (Phi) is 4.06. The third-order valence-corrected chi connectivity index (χ3v) is 3.94. The van der Waals surface area contributed by atoms with Crippen molar-refractivity contribution in [2.75, 3.05) is 0 Å². The molecular formula is C17H11F3N6O2. The van der Waals surface area contributed by atoms with Crippen LogP contribution < -0.4 is 5.56 Å². The van der Waals surface area contributed by atoms with E-state index in [1.807, 2.05) is 0 Å². The van der Waals surface area contributed by atoms with E-state index < -0.39 is 11.7 Å². The van der Waals surface area contributed by atoms with Gasteiger partial charge in [-0.25, -0.2) is 4.68 Å². The van der Waals surface area contributed by atoms with Crippen LogP contribution in [0.1, 0.15) is 5.56 Å². The normalized spacial score (nSPS) is 11.7. The molecule has 1 aromatic carbocycles. The number of halogens is 3. The fourth-order valence-corrected chi connectivity index (χ4v) is 2.56. The monoisotopic (exact) mass is 388 g/mol. The fraction of sp³-hybridized carbons (Fsp3) is 0.118. The highest BCUT2D eigenvalue weighted by atomic mass is 19.4. The van der Waals surface area contributed by atoms with Crippen LogP contribution in [0, 0.1) is 0 Å². The second kappa shape index (κ2) is 6.44. The third-order valence-electron chi connectivity index (χ3n) is 3.94. The maximum Gasteiger partial charge on any atom is 0.418 e. The first-order valence-electron chi connectivity index (χ1n) is 7.93. The Morgan fingerprint density at radius 3 is 2.61 bits per heavy atom. The van der Waals surface area contributed by atoms with Gasteiger partial charge in [-0.05, 0) is 18.2 Å². The zero-order chi connectivity index (χ0) is 19.9. The SMILES string of the molecule is Cn1cc(-c2noc(-c3cn(-c4ccccc4C(F)(F)F)nn3)n2)ccc1=O. The van der Waals surface area contributed by atoms with Gasteiger partial charge in [-0.2, -0.15) is 18.2 Å². The highest BCUT2D eigenvalue weighted by molar-refractivity contribution is 5.56. The van der Waals surface area contributed by atoms with Crippen molar-refractivity contribution in [3.8, 4) is 28.7 Å². The molecule has 0 N–H and O–H groups in total. The van der Waals surface area contributed by atoms with Gasteiger partial charge in [0.05, 0.1) is 17.4 Å². The third kappa shape index (κ3) is 3.17. The van der Waals surface area contributed by atoms with Crippen LogP contribution >= 0.6 is 0 Å². The summed E-state index contributed by atoms with van der Waals surface area (Å²) >= 11 is 0. The first kappa shape index (κ1) is 17.6. The smallest absolute Gasteiger partial charge is 0.332 e. The van der Waals surface area contributed by atoms with E-state index in [2.05, 4.69) is 20.5 Å². The minimum Gasteiger partial charge on any atom is -0.332 e. The number of nitrogens with zero attached hydrogens (tertiary/aromatic N) is 6. The number of pyridine rings is 1. The summed E-state index contributed by atoms with van der Waals surface area (Å²) in [6.07, 6.45) is -1.74. The Bertz CT molecular complexity index is 1210. The Morgan fingerprint density at radius 2 is 1.86 bits per heavy atom. The summed E-state index contributed by atoms with van der Waals surface area (Å²) < 4.78 is 47.1. The highest BCUT2D eigenvalue weighted by Crippen LogP contribution is 2.33. The molecule has 0 saturated carbocycles. The Balaban J connectivity index is 1.69. The average Bonchev–Trinajstić information content (AvgIpc) is 3.32. The molecule has 4 rings (SSSR count). The number of aryl methyl sites for hydroxylation is 1. The van der Waals surface area contributed by atoms with Gasteiger partial charge < -0.3 is 9.09 Å². The summed E-state index contributed by atoms with van der Waals surface area (Å²) in [4.78, 5) is 15.6. The molecule has 0 spiro atoms. The molecule has 0 fully saturated rings. The van der Waals surface area contributed by atoms with E-state index in [-0.39, 0.29) is 28.7 Å². The van der Waals surface area contributed by atoms with Crippen molar-refractivity contribution in [2.24, 2.45) is 7.05 Å². The van der Waals surface area contributed by atoms with Gasteiger partial charge in [-0.15, -0.1) is 5.10 Å². The molecule has 0 aliphatic rings. The van der Waals surface area contributed by atoms with E-state index >= 15 is 0 Å². The van der Waals surface area contributed by atoms with Crippen LogP contribution in [-0.4, -0.2) is 29.7 Å². The van der Waals surface area contributed by atoms with Gasteiger partial charge in [-0.1, -0.05) is 22.5 Å². The van der Waals surface area contributed by atoms with Crippen LogP contribution in [0.2, 0.25) is 0 Å². The van der Waals surface area contributed by atoms with Crippen molar-refractivity contribution in [2.45, 2.75) is 6.18 Å². The standard InChI is InChI=1S/C17H11F3N6O2/c1-25-8-10(6-7-14(25)27)15-21-16(28-23-15)12-9-26(24-22-12)13-5-3-2-4-11(13)17(18,19)20/h2-9H,1H3. The molecule has 142 valence electrons. The van der Waals surface area contributed by atoms with Crippen molar-refractivity contribution in [1.82, 2.24) is 29.7 Å². The van der Waals surface area contributed by atoms with Crippen molar-refractivity contribution in [3.63, 3.8) is 0 Å². The molecule has 8 nitrogen and oxygen atoms in total. The highest BCUT2D eigenvalue weighted by Gasteiger charge is 2.34. The number of benzene rings is 1. The van der Waals surface area contributed by atoms with Crippen LogP contribution in [-0.2, 0) is 13.2 Å². The van der Waals surface area contributed by atoms with E-state index in [4.69, 9.17) is 4.52 Å². The molecular weight excluding hydrogens is 377 g/mol. The lowest BCUT2D eigenvalue weighted by Gasteiger charge is -2.11. The van der Waals surface area contributed by atoms with Crippen LogP contribution in [0.15, 0.2) is 58.1 Å². The Morgan fingerprint density at radius 1 is 1.07 bits per heavy atom. The topological polar surface area (TPSA) is 91.6 Å². The van der Waals surface area contributed by atoms with Crippen molar-refractivity contribution < 1.29 is 17.7 Å². The minimum absolute atomic E-state index is 0.0143. The lowest BCUT2D eigenvalue weighted by Crippen LogP contribution is -2.14. The zero-order valence-corrected chi connectivity index (χ0v) is 14.3. The van der Waals surface area contributed by atoms with E-state index in [1.54, 1.807) is 7.05 Å². The maximum absolute atomic E-state index is 13.2. The van der Waals surface area contributed by atoms with E-state index in [0.29, 0.717) is 5.56 Å². The van der Waals surface area contributed by atoms with Crippen LogP contribution in [0.3, 0.4) is 0 Å². The number of para-hydroxylation sites is 1. The summed E-state index contributed by atoms with van der Waals surface area (Å²) in [5.74, 6) is 0.190. The molecule has 0 atom stereocenters. The first-order chi connectivity index (χ1) is 13.3. The van der Waals surface area contributed by atoms with Gasteiger partial charge in [0.15, 0.2) is 5.69 Å². The lowest BCUT2D eigenvalue weighted by molar-refractivity contribution is -0.137. The average molecular weight is 388 g/mol. The largest absolute Gasteiger partial charge is 0.418 e. The number of rotatable bonds is 3. The van der Waals surface area contributed by atoms with Gasteiger partial charge in [0.1, 0.15) is 0 Å². The molecule has 0 amide bonds. The van der Waals surface area contributed by atoms with Gasteiger partial charge in [0, 0.05) is 24.9 Å². The molecule has 3 heterocycles. The molecule has 0 radical (unpaired) electrons. The Labute approximate surface area is 154 Å². The van der Waals surface area contributed by atoms with Gasteiger partial charge >= 0.3 is 6.18 Å². The van der Waals surface area contributed by atoms with Crippen LogP contribution in [0.5, 0.6) is 0 Å². The second-order valence-corrected chi connectivity index (χ2v) is 5.85. The van der Waals surface area contributed by atoms with Crippen molar-refractivity contribution >= 4 is 0 Å². The molecule has 11 heteroatoms. The minimum atomic E-state index is -4.54. The number of aromatic nitrogens is 6. The second-order valence-electron chi connectivity index (χ2n) is 5.85. The molecule has 0 saturated heterocycles. The van der Waals surface area contributed by atoms with E-state index in [0.717, 1.165) is 10.7 Å². The van der Waals surface area contributed by atoms with E-state index in [9.17, 15) is 18.0 Å². The van der Waals surface area contributed by atoms with E-state index in [1.165, 1.54) is 47.3 Å². The summed E-state index contributed by atoms with van der Waals surface area (Å²) in [5, 5.41) is 11.4. The zero-order valence-electron chi connectivity index (χ0n) is 14.3. The number of hydrogen-bond donors (Lipinski definition) is 0. The molecule has 0 aliphatic heterocycles. The predicted molar refractivity (Wildman–Crippen MR) is 90.3 cm³/mol. The molecule has 28 heavy (non-hydrogen) atoms. The first-order valence-corrected chi connectivity index (χ1v) is 7.93. The van der Waals surface area contributed by atoms with Crippen molar-refractivity contribution in [3.05, 3.63) is 64.7 Å². The molecule has 0 aliphatic carbocycles. The predicted octanol–water partition coefficient (Wildman–Crippen LogP) is 2.70. The summed E-state index contributed by atoms with van der Waals surface area (Å²) in [6.45, 7) is 0. The van der Waals surface area contributed by atoms with Gasteiger partial charge in [0.2, 0.25) is 11.4 Å². The number of hydrogen-bond acceptors (Lipinski definition) is 6. The molecule has 0 unspecified atom stereocenters. The summed E-state index contributed by atoms with van der Waals surface area (Å²) in [7, 11) is 1.58. The molecule has 3 aromatic heterocycles. The van der Waals surface area contributed by atoms with Crippen LogP contribution in [0.25, 0.3) is 28.7 Å². The maximum atomic E-state index is 13.2. The van der Waals surface area contributed by atoms with Gasteiger partial charge in [-0.3, -0.25) is 4.79 Å². The van der Waals surface area contributed by atoms with Crippen LogP contribution in [0.4, 0.5) is 13.2 Å². The summed E-state index contributed by atoms with van der Waals surface area (Å²) in [6, 6.07) is 7.90. The lowest BCUT2D eigenvalue weighted by atomic mass is 10.1. The molecule has 0 bridgehead atoms. The Hall–Kier alpha value is -3.76. The summed E-state index contributed by atoms with van der Waals surface area (Å²) in [5.41, 5.74) is -0.569. The fourth-order valence-electron chi connectivity index (χ4n) is 2.56.